The van der Waals surface area contributed by atoms with Crippen LogP contribution in [0.5, 0.6) is 0 Å². The minimum Gasteiger partial charge on any atom is -0.443 e. The zero-order valence-electron chi connectivity index (χ0n) is 18.9. The summed E-state index contributed by atoms with van der Waals surface area (Å²) >= 11 is 0. The standard InChI is InChI=1S/C23H29N3O6/c1-5-24(6-2)19(14(3)4)23(31)32-13-25-18(27)12-11-17(22(25)30)26-20(28)15-9-7-8-10-16(15)21(26)29/h7-10,14,17,19H,5-6,11-13H2,1-4H3/t17?,19-/m0/s1. The monoisotopic (exact) mass is 443 g/mol. The average molecular weight is 444 g/mol. The number of fused-ring (bicyclic) bond motifs is 1. The molecule has 2 heterocycles. The number of amides is 4. The van der Waals surface area contributed by atoms with E-state index in [4.69, 9.17) is 4.74 Å². The van der Waals surface area contributed by atoms with Crippen LogP contribution in [-0.2, 0) is 19.1 Å². The lowest BCUT2D eigenvalue weighted by Gasteiger charge is -2.35. The van der Waals surface area contributed by atoms with E-state index in [0.717, 1.165) is 9.80 Å². The normalized spacial score (nSPS) is 19.8. The molecule has 0 saturated carbocycles. The van der Waals surface area contributed by atoms with Gasteiger partial charge in [0, 0.05) is 6.42 Å². The van der Waals surface area contributed by atoms with Crippen LogP contribution in [0.3, 0.4) is 0 Å². The van der Waals surface area contributed by atoms with E-state index in [1.54, 1.807) is 12.1 Å². The lowest BCUT2D eigenvalue weighted by atomic mass is 10.0. The summed E-state index contributed by atoms with van der Waals surface area (Å²) in [6.45, 7) is 8.45. The van der Waals surface area contributed by atoms with Crippen LogP contribution in [0.25, 0.3) is 0 Å². The van der Waals surface area contributed by atoms with E-state index in [1.807, 2.05) is 32.6 Å². The van der Waals surface area contributed by atoms with E-state index in [2.05, 4.69) is 0 Å². The maximum atomic E-state index is 13.1. The van der Waals surface area contributed by atoms with E-state index in [-0.39, 0.29) is 29.9 Å². The Hall–Kier alpha value is -3.07. The van der Waals surface area contributed by atoms with Crippen molar-refractivity contribution in [1.29, 1.82) is 0 Å². The summed E-state index contributed by atoms with van der Waals surface area (Å²) in [5.41, 5.74) is 0.471. The second-order valence-electron chi connectivity index (χ2n) is 8.24. The first kappa shape index (κ1) is 23.6. The number of esters is 1. The Morgan fingerprint density at radius 1 is 1.06 bits per heavy atom. The number of rotatable bonds is 8. The van der Waals surface area contributed by atoms with Crippen molar-refractivity contribution in [3.05, 3.63) is 35.4 Å². The molecule has 3 rings (SSSR count). The third-order valence-corrected chi connectivity index (χ3v) is 6.04. The molecule has 172 valence electrons. The first-order valence-corrected chi connectivity index (χ1v) is 10.9. The Kier molecular flexibility index (Phi) is 7.08. The minimum absolute atomic E-state index is 0.0266. The number of nitrogens with zero attached hydrogens (tertiary/aromatic N) is 3. The first-order chi connectivity index (χ1) is 15.2. The highest BCUT2D eigenvalue weighted by Gasteiger charge is 2.47. The van der Waals surface area contributed by atoms with Crippen molar-refractivity contribution in [3.63, 3.8) is 0 Å². The molecule has 0 spiro atoms. The summed E-state index contributed by atoms with van der Waals surface area (Å²) in [6.07, 6.45) is 0.00661. The SMILES string of the molecule is CCN(CC)[C@H](C(=O)OCN1C(=O)CCC(N2C(=O)c3ccccc3C2=O)C1=O)C(C)C. The van der Waals surface area contributed by atoms with E-state index in [0.29, 0.717) is 13.1 Å². The third kappa shape index (κ3) is 4.17. The fourth-order valence-electron chi connectivity index (χ4n) is 4.36. The van der Waals surface area contributed by atoms with Crippen molar-refractivity contribution in [3.8, 4) is 0 Å². The molecule has 1 saturated heterocycles. The van der Waals surface area contributed by atoms with Crippen LogP contribution in [0.4, 0.5) is 0 Å². The minimum atomic E-state index is -1.11. The molecular weight excluding hydrogens is 414 g/mol. The number of hydrogen-bond donors (Lipinski definition) is 0. The number of hydrogen-bond acceptors (Lipinski definition) is 7. The van der Waals surface area contributed by atoms with Gasteiger partial charge in [0.2, 0.25) is 5.91 Å². The molecule has 1 fully saturated rings. The highest BCUT2D eigenvalue weighted by molar-refractivity contribution is 6.23. The van der Waals surface area contributed by atoms with Crippen LogP contribution in [0.2, 0.25) is 0 Å². The summed E-state index contributed by atoms with van der Waals surface area (Å²) in [6, 6.07) is 4.74. The fourth-order valence-corrected chi connectivity index (χ4v) is 4.36. The Labute approximate surface area is 187 Å². The smallest absolute Gasteiger partial charge is 0.325 e. The van der Waals surface area contributed by atoms with Crippen molar-refractivity contribution >= 4 is 29.6 Å². The molecule has 1 aromatic carbocycles. The highest BCUT2D eigenvalue weighted by atomic mass is 16.5. The average Bonchev–Trinajstić information content (AvgIpc) is 3.02. The highest BCUT2D eigenvalue weighted by Crippen LogP contribution is 2.29. The molecule has 2 aliphatic rings. The molecule has 1 aromatic rings. The predicted octanol–water partition coefficient (Wildman–Crippen LogP) is 1.67. The van der Waals surface area contributed by atoms with Crippen molar-refractivity contribution < 1.29 is 28.7 Å². The predicted molar refractivity (Wildman–Crippen MR) is 114 cm³/mol. The topological polar surface area (TPSA) is 104 Å². The number of piperidine rings is 1. The van der Waals surface area contributed by atoms with E-state index < -0.39 is 48.4 Å². The molecule has 4 amide bonds. The quantitative estimate of drug-likeness (QED) is 0.445. The second kappa shape index (κ2) is 9.60. The van der Waals surface area contributed by atoms with E-state index in [9.17, 15) is 24.0 Å². The second-order valence-corrected chi connectivity index (χ2v) is 8.24. The van der Waals surface area contributed by atoms with Gasteiger partial charge in [0.15, 0.2) is 6.73 Å². The van der Waals surface area contributed by atoms with Crippen molar-refractivity contribution in [2.75, 3.05) is 19.8 Å². The summed E-state index contributed by atoms with van der Waals surface area (Å²) < 4.78 is 5.37. The Morgan fingerprint density at radius 2 is 1.62 bits per heavy atom. The molecule has 9 heteroatoms. The van der Waals surface area contributed by atoms with Gasteiger partial charge >= 0.3 is 5.97 Å². The molecule has 0 N–H and O–H groups in total. The van der Waals surface area contributed by atoms with Gasteiger partial charge in [-0.2, -0.15) is 0 Å². The zero-order valence-corrected chi connectivity index (χ0v) is 18.9. The van der Waals surface area contributed by atoms with Crippen molar-refractivity contribution in [1.82, 2.24) is 14.7 Å². The van der Waals surface area contributed by atoms with Gasteiger partial charge in [-0.05, 0) is 37.6 Å². The molecule has 2 aliphatic heterocycles. The number of ether oxygens (including phenoxy) is 1. The van der Waals surface area contributed by atoms with Gasteiger partial charge in [-0.25, -0.2) is 4.90 Å². The number of imide groups is 2. The van der Waals surface area contributed by atoms with Gasteiger partial charge in [-0.15, -0.1) is 0 Å². The number of benzene rings is 1. The zero-order chi connectivity index (χ0) is 23.6. The third-order valence-electron chi connectivity index (χ3n) is 6.04. The Balaban J connectivity index is 1.74. The number of likely N-dealkylation sites (N-methyl/N-ethyl adjacent to an activating group) is 1. The van der Waals surface area contributed by atoms with Crippen LogP contribution < -0.4 is 0 Å². The molecule has 9 nitrogen and oxygen atoms in total. The van der Waals surface area contributed by atoms with Gasteiger partial charge in [0.25, 0.3) is 17.7 Å². The van der Waals surface area contributed by atoms with Gasteiger partial charge in [0.1, 0.15) is 12.1 Å². The molecule has 0 aliphatic carbocycles. The molecule has 1 unspecified atom stereocenters. The Bertz CT molecular complexity index is 904. The summed E-state index contributed by atoms with van der Waals surface area (Å²) in [4.78, 5) is 67.5. The lowest BCUT2D eigenvalue weighted by Crippen LogP contribution is -2.57. The van der Waals surface area contributed by atoms with Gasteiger partial charge in [0.05, 0.1) is 11.1 Å². The van der Waals surface area contributed by atoms with Gasteiger partial charge < -0.3 is 4.74 Å². The molecule has 0 aromatic heterocycles. The van der Waals surface area contributed by atoms with Gasteiger partial charge in [-0.3, -0.25) is 33.8 Å². The molecular formula is C23H29N3O6. The van der Waals surface area contributed by atoms with Crippen LogP contribution >= 0.6 is 0 Å². The van der Waals surface area contributed by atoms with Crippen LogP contribution in [0.15, 0.2) is 24.3 Å². The molecule has 0 radical (unpaired) electrons. The van der Waals surface area contributed by atoms with E-state index in [1.165, 1.54) is 12.1 Å². The molecule has 2 atom stereocenters. The van der Waals surface area contributed by atoms with Crippen LogP contribution in [-0.4, -0.2) is 76.2 Å². The molecule has 0 bridgehead atoms. The summed E-state index contributed by atoms with van der Waals surface area (Å²) in [5.74, 6) is -2.88. The van der Waals surface area contributed by atoms with E-state index >= 15 is 0 Å². The maximum absolute atomic E-state index is 13.1. The summed E-state index contributed by atoms with van der Waals surface area (Å²) in [7, 11) is 0. The first-order valence-electron chi connectivity index (χ1n) is 10.9. The van der Waals surface area contributed by atoms with Crippen molar-refractivity contribution in [2.24, 2.45) is 5.92 Å². The lowest BCUT2D eigenvalue weighted by molar-refractivity contribution is -0.167. The largest absolute Gasteiger partial charge is 0.443 e. The number of carbonyl (C=O) groups excluding carboxylic acids is 5. The Morgan fingerprint density at radius 3 is 2.12 bits per heavy atom. The van der Waals surface area contributed by atoms with Crippen molar-refractivity contribution in [2.45, 2.75) is 52.6 Å². The maximum Gasteiger partial charge on any atom is 0.325 e. The number of carbonyl (C=O) groups is 5. The fraction of sp³-hybridized carbons (Fsp3) is 0.522. The van der Waals surface area contributed by atoms with Gasteiger partial charge in [-0.1, -0.05) is 39.8 Å². The number of likely N-dealkylation sites (tertiary alicyclic amines) is 1. The van der Waals surface area contributed by atoms with Crippen LogP contribution in [0, 0.1) is 5.92 Å². The van der Waals surface area contributed by atoms with Crippen LogP contribution in [0.1, 0.15) is 61.3 Å². The molecule has 32 heavy (non-hydrogen) atoms. The summed E-state index contributed by atoms with van der Waals surface area (Å²) in [5, 5.41) is 0.